The molecule has 1 amide bonds. The highest BCUT2D eigenvalue weighted by atomic mass is 31.2. The Balaban J connectivity index is 4.10. The maximum atomic E-state index is 13.1. The fourth-order valence-electron chi connectivity index (χ4n) is 10.6. The molecule has 0 aromatic heterocycles. The van der Waals surface area contributed by atoms with E-state index < -0.39 is 20.0 Å². The topological polar surface area (TPSA) is 105 Å². The molecule has 0 saturated carbocycles. The van der Waals surface area contributed by atoms with E-state index in [1.807, 2.05) is 21.1 Å². The highest BCUT2D eigenvalue weighted by Crippen LogP contribution is 2.43. The van der Waals surface area contributed by atoms with E-state index >= 15 is 0 Å². The fraction of sp³-hybridized carbons (Fsp3) is 0.756. The van der Waals surface area contributed by atoms with Gasteiger partial charge in [0.2, 0.25) is 5.91 Å². The first-order chi connectivity index (χ1) is 42.5. The Kier molecular flexibility index (Phi) is 65.3. The number of phosphoric acid groups is 1. The second-order valence-electron chi connectivity index (χ2n) is 25.9. The van der Waals surface area contributed by atoms with Gasteiger partial charge in [0.25, 0.3) is 0 Å². The van der Waals surface area contributed by atoms with E-state index in [0.717, 1.165) is 116 Å². The van der Waals surface area contributed by atoms with Gasteiger partial charge in [-0.25, -0.2) is 4.57 Å². The van der Waals surface area contributed by atoms with E-state index in [2.05, 4.69) is 129 Å². The number of aliphatic hydroxyl groups excluding tert-OH is 1. The van der Waals surface area contributed by atoms with Crippen molar-refractivity contribution in [2.75, 3.05) is 40.9 Å². The number of nitrogens with zero attached hydrogens (tertiary/aromatic N) is 1. The molecule has 0 spiro atoms. The monoisotopic (exact) mass is 1230 g/mol. The molecular formula is C78H142N2O6P+. The van der Waals surface area contributed by atoms with Crippen LogP contribution in [-0.4, -0.2) is 73.4 Å². The van der Waals surface area contributed by atoms with E-state index in [4.69, 9.17) is 9.05 Å². The molecule has 0 bridgehead atoms. The summed E-state index contributed by atoms with van der Waals surface area (Å²) >= 11 is 0. The van der Waals surface area contributed by atoms with Crippen LogP contribution in [-0.2, 0) is 18.4 Å². The smallest absolute Gasteiger partial charge is 0.391 e. The van der Waals surface area contributed by atoms with Crippen LogP contribution in [0.25, 0.3) is 0 Å². The molecule has 0 fully saturated rings. The van der Waals surface area contributed by atoms with Crippen LogP contribution in [0, 0.1) is 0 Å². The first-order valence-electron chi connectivity index (χ1n) is 36.8. The summed E-state index contributed by atoms with van der Waals surface area (Å²) < 4.78 is 23.9. The highest BCUT2D eigenvalue weighted by molar-refractivity contribution is 7.47. The zero-order valence-corrected chi connectivity index (χ0v) is 58.6. The number of carbonyl (C=O) groups excluding carboxylic acids is 1. The van der Waals surface area contributed by atoms with E-state index in [1.54, 1.807) is 0 Å². The molecule has 0 aromatic carbocycles. The average molecular weight is 1230 g/mol. The van der Waals surface area contributed by atoms with E-state index in [0.29, 0.717) is 23.9 Å². The number of aliphatic hydroxyl groups is 1. The molecule has 3 atom stereocenters. The van der Waals surface area contributed by atoms with Crippen LogP contribution < -0.4 is 5.32 Å². The predicted octanol–water partition coefficient (Wildman–Crippen LogP) is 23.8. The molecule has 3 N–H and O–H groups in total. The molecule has 0 rings (SSSR count). The summed E-state index contributed by atoms with van der Waals surface area (Å²) in [5, 5.41) is 14.2. The summed E-state index contributed by atoms with van der Waals surface area (Å²) in [4.78, 5) is 23.5. The minimum Gasteiger partial charge on any atom is -0.391 e. The summed E-state index contributed by atoms with van der Waals surface area (Å²) in [7, 11) is 1.60. The molecule has 9 heteroatoms. The van der Waals surface area contributed by atoms with Gasteiger partial charge in [0.15, 0.2) is 0 Å². The van der Waals surface area contributed by atoms with Gasteiger partial charge in [0, 0.05) is 6.42 Å². The van der Waals surface area contributed by atoms with Gasteiger partial charge < -0.3 is 19.8 Å². The summed E-state index contributed by atoms with van der Waals surface area (Å²) in [5.74, 6) is -0.163. The number of nitrogens with one attached hydrogen (secondary N) is 1. The number of phosphoric ester groups is 1. The van der Waals surface area contributed by atoms with Crippen molar-refractivity contribution in [2.45, 2.75) is 341 Å². The van der Waals surface area contributed by atoms with Gasteiger partial charge in [-0.15, -0.1) is 0 Å². The summed E-state index contributed by atoms with van der Waals surface area (Å²) in [6, 6.07) is -0.782. The molecule has 0 heterocycles. The zero-order chi connectivity index (χ0) is 63.4. The normalized spacial score (nSPS) is 14.2. The van der Waals surface area contributed by atoms with Crippen LogP contribution >= 0.6 is 7.82 Å². The number of carbonyl (C=O) groups is 1. The van der Waals surface area contributed by atoms with Crippen LogP contribution in [0.1, 0.15) is 328 Å². The number of hydrogen-bond donors (Lipinski definition) is 3. The molecule has 0 saturated heterocycles. The van der Waals surface area contributed by atoms with Crippen molar-refractivity contribution >= 4 is 13.7 Å². The molecule has 0 aromatic rings. The number of allylic oxidation sites excluding steroid dienone is 18. The van der Waals surface area contributed by atoms with Gasteiger partial charge in [0.05, 0.1) is 39.9 Å². The van der Waals surface area contributed by atoms with Gasteiger partial charge in [-0.05, 0) is 83.5 Å². The first-order valence-corrected chi connectivity index (χ1v) is 38.2. The predicted molar refractivity (Wildman–Crippen MR) is 382 cm³/mol. The van der Waals surface area contributed by atoms with Gasteiger partial charge in [-0.2, -0.15) is 0 Å². The minimum absolute atomic E-state index is 0.0654. The molecule has 8 nitrogen and oxygen atoms in total. The molecular weight excluding hydrogens is 1090 g/mol. The third-order valence-corrected chi connectivity index (χ3v) is 17.3. The number of likely N-dealkylation sites (N-methyl/N-ethyl adjacent to an activating group) is 1. The lowest BCUT2D eigenvalue weighted by Crippen LogP contribution is -2.46. The van der Waals surface area contributed by atoms with Crippen molar-refractivity contribution in [3.05, 3.63) is 109 Å². The maximum absolute atomic E-state index is 13.1. The Labute approximate surface area is 540 Å². The van der Waals surface area contributed by atoms with Gasteiger partial charge in [-0.1, -0.05) is 348 Å². The van der Waals surface area contributed by atoms with E-state index in [1.165, 1.54) is 186 Å². The fourth-order valence-corrected chi connectivity index (χ4v) is 11.4. The van der Waals surface area contributed by atoms with E-state index in [-0.39, 0.29) is 19.1 Å². The lowest BCUT2D eigenvalue weighted by atomic mass is 10.0. The first kappa shape index (κ1) is 84.2. The SMILES string of the molecule is CC/C=C\C/C=C\C/C=C\C/C=C\C/C=C\C/C=C\C/C=C\C/C=C\C/C=C\CCCCCCCC(=O)NC(COP(=O)(O)OCC[N+](C)(C)C)C(O)CCCCCCCCCCCCCCCCCCCCCCCCCCCCCCCCCC. The lowest BCUT2D eigenvalue weighted by molar-refractivity contribution is -0.870. The van der Waals surface area contributed by atoms with Crippen LogP contribution in [0.3, 0.4) is 0 Å². The Morgan fingerprint density at radius 3 is 1.01 bits per heavy atom. The van der Waals surface area contributed by atoms with Gasteiger partial charge in [0.1, 0.15) is 13.2 Å². The molecule has 0 aliphatic rings. The van der Waals surface area contributed by atoms with Gasteiger partial charge >= 0.3 is 7.82 Å². The molecule has 0 radical (unpaired) electrons. The number of hydrogen-bond acceptors (Lipinski definition) is 5. The largest absolute Gasteiger partial charge is 0.472 e. The maximum Gasteiger partial charge on any atom is 0.472 e. The lowest BCUT2D eigenvalue weighted by Gasteiger charge is -2.26. The van der Waals surface area contributed by atoms with Gasteiger partial charge in [-0.3, -0.25) is 13.8 Å². The molecule has 0 aliphatic carbocycles. The second kappa shape index (κ2) is 67.6. The number of unbranched alkanes of at least 4 members (excludes halogenated alkanes) is 36. The number of quaternary nitrogens is 1. The average Bonchev–Trinajstić information content (AvgIpc) is 3.71. The Bertz CT molecular complexity index is 1790. The van der Waals surface area contributed by atoms with Crippen molar-refractivity contribution in [3.8, 4) is 0 Å². The summed E-state index contributed by atoms with van der Waals surface area (Å²) in [6.45, 7) is 4.79. The van der Waals surface area contributed by atoms with Crippen LogP contribution in [0.5, 0.6) is 0 Å². The molecule has 87 heavy (non-hydrogen) atoms. The van der Waals surface area contributed by atoms with Crippen molar-refractivity contribution < 1.29 is 32.9 Å². The molecule has 0 aliphatic heterocycles. The number of rotatable bonds is 67. The minimum atomic E-state index is -4.35. The van der Waals surface area contributed by atoms with Crippen molar-refractivity contribution in [2.24, 2.45) is 0 Å². The van der Waals surface area contributed by atoms with Crippen LogP contribution in [0.4, 0.5) is 0 Å². The van der Waals surface area contributed by atoms with Crippen molar-refractivity contribution in [1.29, 1.82) is 0 Å². The Morgan fingerprint density at radius 2 is 0.690 bits per heavy atom. The van der Waals surface area contributed by atoms with Crippen LogP contribution in [0.15, 0.2) is 109 Å². The standard InChI is InChI=1S/C78H141N2O6P/c1-6-8-10-12-14-16-18-20-22-24-26-28-30-32-34-36-38-40-42-44-46-48-50-52-54-56-58-60-62-64-66-68-70-72-78(82)79-76(75-86-87(83,84)85-74-73-80(3,4)5)77(81)71-69-67-65-63-61-59-57-55-53-51-49-47-45-43-41-39-37-35-33-31-29-27-25-23-21-19-17-15-13-11-9-7-2/h8,10,14,16,20,22,26,28,32,34,38,40,44,46,50,52,56,58,76-77,81H,6-7,9,11-13,15,17-19,21,23-25,27,29-31,33,35-37,39,41-43,45,47-49,51,53-55,57,59-75H2,1-5H3,(H-,79,82,83,84)/p+1/b10-8-,16-14-,22-20-,28-26-,34-32-,40-38-,46-44-,52-50-,58-56-. The third-order valence-electron chi connectivity index (χ3n) is 16.3. The van der Waals surface area contributed by atoms with Crippen LogP contribution in [0.2, 0.25) is 0 Å². The van der Waals surface area contributed by atoms with Crippen molar-refractivity contribution in [1.82, 2.24) is 5.32 Å². The quantitative estimate of drug-likeness (QED) is 0.0243. The van der Waals surface area contributed by atoms with E-state index in [9.17, 15) is 19.4 Å². The summed E-state index contributed by atoms with van der Waals surface area (Å²) in [5.41, 5.74) is 0. The highest BCUT2D eigenvalue weighted by Gasteiger charge is 2.28. The Hall–Kier alpha value is -2.84. The summed E-state index contributed by atoms with van der Waals surface area (Å²) in [6.07, 6.45) is 99.2. The molecule has 504 valence electrons. The zero-order valence-electron chi connectivity index (χ0n) is 57.7. The Morgan fingerprint density at radius 1 is 0.402 bits per heavy atom. The second-order valence-corrected chi connectivity index (χ2v) is 27.4. The third kappa shape index (κ3) is 70.5. The van der Waals surface area contributed by atoms with Crippen molar-refractivity contribution in [3.63, 3.8) is 0 Å². The number of amides is 1. The molecule has 3 unspecified atom stereocenters.